The minimum absolute atomic E-state index is 0.0836. The summed E-state index contributed by atoms with van der Waals surface area (Å²) in [5, 5.41) is 3.69. The molecule has 1 unspecified atom stereocenters. The molecule has 2 rings (SSSR count). The number of hydrogen-bond acceptors (Lipinski definition) is 3. The van der Waals surface area contributed by atoms with E-state index in [9.17, 15) is 4.79 Å². The van der Waals surface area contributed by atoms with E-state index in [1.54, 1.807) is 0 Å². The third-order valence-electron chi connectivity index (χ3n) is 2.43. The predicted molar refractivity (Wildman–Crippen MR) is 68.3 cm³/mol. The SMILES string of the molecule is CC(Nc1ncc[nH]c1=O)c1ccccc1Cl. The Morgan fingerprint density at radius 2 is 2.18 bits per heavy atom. The van der Waals surface area contributed by atoms with Gasteiger partial charge in [0.15, 0.2) is 5.82 Å². The molecule has 0 aliphatic carbocycles. The van der Waals surface area contributed by atoms with Gasteiger partial charge in [0, 0.05) is 17.4 Å². The van der Waals surface area contributed by atoms with Crippen molar-refractivity contribution in [1.29, 1.82) is 0 Å². The number of aromatic amines is 1. The molecule has 17 heavy (non-hydrogen) atoms. The van der Waals surface area contributed by atoms with Crippen LogP contribution < -0.4 is 10.9 Å². The van der Waals surface area contributed by atoms with Crippen LogP contribution in [0, 0.1) is 0 Å². The van der Waals surface area contributed by atoms with E-state index in [1.807, 2.05) is 31.2 Å². The summed E-state index contributed by atoms with van der Waals surface area (Å²) in [7, 11) is 0. The van der Waals surface area contributed by atoms with Gasteiger partial charge in [-0.25, -0.2) is 4.98 Å². The maximum Gasteiger partial charge on any atom is 0.290 e. The van der Waals surface area contributed by atoms with Crippen molar-refractivity contribution in [3.8, 4) is 0 Å². The van der Waals surface area contributed by atoms with E-state index >= 15 is 0 Å². The van der Waals surface area contributed by atoms with Gasteiger partial charge in [-0.1, -0.05) is 29.8 Å². The number of benzene rings is 1. The molecule has 4 nitrogen and oxygen atoms in total. The smallest absolute Gasteiger partial charge is 0.290 e. The molecule has 0 aliphatic heterocycles. The largest absolute Gasteiger partial charge is 0.359 e. The number of H-pyrrole nitrogens is 1. The van der Waals surface area contributed by atoms with Gasteiger partial charge in [0.2, 0.25) is 0 Å². The van der Waals surface area contributed by atoms with Crippen LogP contribution in [0.15, 0.2) is 41.5 Å². The standard InChI is InChI=1S/C12H12ClN3O/c1-8(9-4-2-3-5-10(9)13)16-11-12(17)15-7-6-14-11/h2-8H,1H3,(H,14,16)(H,15,17). The first-order valence-corrected chi connectivity index (χ1v) is 5.61. The van der Waals surface area contributed by atoms with Crippen molar-refractivity contribution in [3.63, 3.8) is 0 Å². The summed E-state index contributed by atoms with van der Waals surface area (Å²) in [5.74, 6) is 0.292. The van der Waals surface area contributed by atoms with Crippen LogP contribution in [0.2, 0.25) is 5.02 Å². The molecule has 88 valence electrons. The molecule has 0 radical (unpaired) electrons. The lowest BCUT2D eigenvalue weighted by atomic mass is 10.1. The molecule has 0 amide bonds. The van der Waals surface area contributed by atoms with Crippen molar-refractivity contribution in [2.24, 2.45) is 0 Å². The Kier molecular flexibility index (Phi) is 3.44. The Bertz CT molecular complexity index is 567. The van der Waals surface area contributed by atoms with Gasteiger partial charge >= 0.3 is 0 Å². The lowest BCUT2D eigenvalue weighted by molar-refractivity contribution is 0.866. The van der Waals surface area contributed by atoms with Crippen molar-refractivity contribution in [3.05, 3.63) is 57.6 Å². The molecular formula is C12H12ClN3O. The molecule has 0 aliphatic rings. The summed E-state index contributed by atoms with van der Waals surface area (Å²) in [5.41, 5.74) is 0.686. The van der Waals surface area contributed by atoms with Crippen LogP contribution in [0.1, 0.15) is 18.5 Å². The van der Waals surface area contributed by atoms with E-state index < -0.39 is 0 Å². The molecule has 0 saturated heterocycles. The first-order valence-electron chi connectivity index (χ1n) is 5.23. The van der Waals surface area contributed by atoms with Gasteiger partial charge in [0.05, 0.1) is 6.04 Å². The summed E-state index contributed by atoms with van der Waals surface area (Å²) in [6.45, 7) is 1.93. The number of halogens is 1. The Morgan fingerprint density at radius 1 is 1.41 bits per heavy atom. The second-order valence-corrected chi connectivity index (χ2v) is 4.06. The topological polar surface area (TPSA) is 57.8 Å². The molecule has 0 saturated carbocycles. The fourth-order valence-electron chi connectivity index (χ4n) is 1.56. The van der Waals surface area contributed by atoms with E-state index in [0.29, 0.717) is 10.8 Å². The van der Waals surface area contributed by atoms with E-state index in [2.05, 4.69) is 15.3 Å². The number of aromatic nitrogens is 2. The van der Waals surface area contributed by atoms with E-state index in [-0.39, 0.29) is 11.6 Å². The highest BCUT2D eigenvalue weighted by atomic mass is 35.5. The highest BCUT2D eigenvalue weighted by molar-refractivity contribution is 6.31. The van der Waals surface area contributed by atoms with Gasteiger partial charge in [0.1, 0.15) is 0 Å². The first-order chi connectivity index (χ1) is 8.18. The normalized spacial score (nSPS) is 12.1. The molecule has 0 fully saturated rings. The first kappa shape index (κ1) is 11.7. The lowest BCUT2D eigenvalue weighted by Crippen LogP contribution is -2.18. The zero-order chi connectivity index (χ0) is 12.3. The Labute approximate surface area is 104 Å². The summed E-state index contributed by atoms with van der Waals surface area (Å²) in [4.78, 5) is 18.0. The number of hydrogen-bond donors (Lipinski definition) is 2. The average molecular weight is 250 g/mol. The molecule has 0 bridgehead atoms. The number of nitrogens with zero attached hydrogens (tertiary/aromatic N) is 1. The number of anilines is 1. The van der Waals surface area contributed by atoms with Crippen LogP contribution >= 0.6 is 11.6 Å². The molecular weight excluding hydrogens is 238 g/mol. The third kappa shape index (κ3) is 2.65. The van der Waals surface area contributed by atoms with Gasteiger partial charge in [-0.2, -0.15) is 0 Å². The number of nitrogens with one attached hydrogen (secondary N) is 2. The maximum absolute atomic E-state index is 11.5. The van der Waals surface area contributed by atoms with E-state index in [4.69, 9.17) is 11.6 Å². The lowest BCUT2D eigenvalue weighted by Gasteiger charge is -2.15. The molecule has 1 aromatic carbocycles. The van der Waals surface area contributed by atoms with Gasteiger partial charge in [-0.3, -0.25) is 4.79 Å². The van der Waals surface area contributed by atoms with Crippen molar-refractivity contribution in [2.45, 2.75) is 13.0 Å². The molecule has 5 heteroatoms. The highest BCUT2D eigenvalue weighted by Gasteiger charge is 2.10. The van der Waals surface area contributed by atoms with Gasteiger partial charge in [-0.15, -0.1) is 0 Å². The van der Waals surface area contributed by atoms with Gasteiger partial charge in [0.25, 0.3) is 5.56 Å². The molecule has 1 aromatic heterocycles. The van der Waals surface area contributed by atoms with Crippen LogP contribution in [0.3, 0.4) is 0 Å². The maximum atomic E-state index is 11.5. The Hall–Kier alpha value is -1.81. The summed E-state index contributed by atoms with van der Waals surface area (Å²) >= 11 is 6.08. The fraction of sp³-hybridized carbons (Fsp3) is 0.167. The minimum Gasteiger partial charge on any atom is -0.359 e. The van der Waals surface area contributed by atoms with Crippen LogP contribution in [-0.2, 0) is 0 Å². The second kappa shape index (κ2) is 5.01. The molecule has 2 aromatic rings. The molecule has 1 atom stereocenters. The van der Waals surface area contributed by atoms with Crippen LogP contribution in [0.25, 0.3) is 0 Å². The van der Waals surface area contributed by atoms with Crippen molar-refractivity contribution >= 4 is 17.4 Å². The zero-order valence-electron chi connectivity index (χ0n) is 9.27. The summed E-state index contributed by atoms with van der Waals surface area (Å²) < 4.78 is 0. The predicted octanol–water partition coefficient (Wildman–Crippen LogP) is 2.60. The van der Waals surface area contributed by atoms with Gasteiger partial charge in [-0.05, 0) is 18.6 Å². The highest BCUT2D eigenvalue weighted by Crippen LogP contribution is 2.23. The third-order valence-corrected chi connectivity index (χ3v) is 2.78. The Morgan fingerprint density at radius 3 is 2.88 bits per heavy atom. The molecule has 2 N–H and O–H groups in total. The van der Waals surface area contributed by atoms with Crippen LogP contribution in [-0.4, -0.2) is 9.97 Å². The summed E-state index contributed by atoms with van der Waals surface area (Å²) in [6.07, 6.45) is 3.02. The minimum atomic E-state index is -0.244. The molecule has 0 spiro atoms. The van der Waals surface area contributed by atoms with E-state index in [0.717, 1.165) is 5.56 Å². The average Bonchev–Trinajstić information content (AvgIpc) is 2.32. The Balaban J connectivity index is 2.23. The second-order valence-electron chi connectivity index (χ2n) is 3.65. The van der Waals surface area contributed by atoms with Crippen LogP contribution in [0.5, 0.6) is 0 Å². The summed E-state index contributed by atoms with van der Waals surface area (Å²) in [6, 6.07) is 7.42. The van der Waals surface area contributed by atoms with E-state index in [1.165, 1.54) is 12.4 Å². The number of rotatable bonds is 3. The fourth-order valence-corrected chi connectivity index (χ4v) is 1.86. The van der Waals surface area contributed by atoms with Crippen LogP contribution in [0.4, 0.5) is 5.82 Å². The van der Waals surface area contributed by atoms with Crippen molar-refractivity contribution in [1.82, 2.24) is 9.97 Å². The van der Waals surface area contributed by atoms with Crippen molar-refractivity contribution < 1.29 is 0 Å². The quantitative estimate of drug-likeness (QED) is 0.879. The van der Waals surface area contributed by atoms with Crippen molar-refractivity contribution in [2.75, 3.05) is 5.32 Å². The van der Waals surface area contributed by atoms with Gasteiger partial charge < -0.3 is 10.3 Å². The molecule has 1 heterocycles. The zero-order valence-corrected chi connectivity index (χ0v) is 10.0. The monoisotopic (exact) mass is 249 g/mol.